The lowest BCUT2D eigenvalue weighted by molar-refractivity contribution is -0.142. The normalized spacial score (nSPS) is 39.5. The van der Waals surface area contributed by atoms with Crippen LogP contribution >= 0.6 is 0 Å². The van der Waals surface area contributed by atoms with Gasteiger partial charge in [-0.25, -0.2) is 0 Å². The molecular formula is C22H34O5. The Labute approximate surface area is 162 Å². The van der Waals surface area contributed by atoms with Gasteiger partial charge in [-0.3, -0.25) is 9.59 Å². The van der Waals surface area contributed by atoms with Crippen molar-refractivity contribution in [1.82, 2.24) is 0 Å². The van der Waals surface area contributed by atoms with E-state index in [0.717, 1.165) is 24.8 Å². The molecule has 2 aliphatic rings. The number of ketones is 1. The fourth-order valence-electron chi connectivity index (χ4n) is 5.32. The third-order valence-corrected chi connectivity index (χ3v) is 6.94. The molecule has 5 nitrogen and oxygen atoms in total. The molecule has 1 saturated carbocycles. The third kappa shape index (κ3) is 3.77. The van der Waals surface area contributed by atoms with Gasteiger partial charge in [0.25, 0.3) is 0 Å². The van der Waals surface area contributed by atoms with Crippen molar-refractivity contribution < 1.29 is 24.5 Å². The predicted octanol–water partition coefficient (Wildman–Crippen LogP) is 3.54. The summed E-state index contributed by atoms with van der Waals surface area (Å²) in [5, 5.41) is 20.3. The van der Waals surface area contributed by atoms with E-state index >= 15 is 0 Å². The maximum Gasteiger partial charge on any atom is 0.313 e. The molecule has 0 aromatic heterocycles. The first-order chi connectivity index (χ1) is 12.7. The minimum atomic E-state index is -0.699. The molecule has 0 aromatic carbocycles. The second-order valence-electron chi connectivity index (χ2n) is 8.56. The molecule has 0 aromatic rings. The number of carbonyl (C=O) groups is 2. The topological polar surface area (TPSA) is 83.8 Å². The van der Waals surface area contributed by atoms with E-state index in [4.69, 9.17) is 9.84 Å². The monoisotopic (exact) mass is 378 g/mol. The lowest BCUT2D eigenvalue weighted by Gasteiger charge is -2.49. The first kappa shape index (κ1) is 21.8. The number of hydrogen-bond acceptors (Lipinski definition) is 5. The third-order valence-electron chi connectivity index (χ3n) is 6.94. The van der Waals surface area contributed by atoms with Crippen molar-refractivity contribution in [3.05, 3.63) is 24.0 Å². The first-order valence-electron chi connectivity index (χ1n) is 10.0. The Morgan fingerprint density at radius 3 is 2.67 bits per heavy atom. The van der Waals surface area contributed by atoms with Gasteiger partial charge < -0.3 is 14.9 Å². The number of esters is 1. The maximum atomic E-state index is 12.9. The molecule has 0 spiro atoms. The smallest absolute Gasteiger partial charge is 0.313 e. The van der Waals surface area contributed by atoms with Crippen LogP contribution in [0.5, 0.6) is 0 Å². The SMILES string of the molecule is C=C[C@@]1(C)C/C(OC(=O)CCO)=C(/C)[C@@H]2C(=O)CC[C@@]2(CCC)[C@@H](C)[C@@H]1O. The molecule has 0 bridgehead atoms. The van der Waals surface area contributed by atoms with Crippen molar-refractivity contribution in [2.24, 2.45) is 22.7 Å². The molecular weight excluding hydrogens is 344 g/mol. The fourth-order valence-corrected chi connectivity index (χ4v) is 5.32. The van der Waals surface area contributed by atoms with Crippen LogP contribution in [0.1, 0.15) is 66.2 Å². The van der Waals surface area contributed by atoms with Gasteiger partial charge >= 0.3 is 5.97 Å². The highest BCUT2D eigenvalue weighted by atomic mass is 16.5. The van der Waals surface area contributed by atoms with Crippen LogP contribution in [0.15, 0.2) is 24.0 Å². The summed E-state index contributed by atoms with van der Waals surface area (Å²) in [6.45, 7) is 11.6. The number of rotatable bonds is 6. The molecule has 1 fully saturated rings. The highest BCUT2D eigenvalue weighted by molar-refractivity contribution is 5.87. The molecule has 0 radical (unpaired) electrons. The van der Waals surface area contributed by atoms with Gasteiger partial charge in [0.2, 0.25) is 0 Å². The van der Waals surface area contributed by atoms with Crippen LogP contribution in [0, 0.1) is 22.7 Å². The summed E-state index contributed by atoms with van der Waals surface area (Å²) in [6.07, 6.45) is 4.22. The zero-order valence-corrected chi connectivity index (χ0v) is 17.1. The standard InChI is InChI=1S/C22H34O5/c1-6-10-22-11-8-16(24)19(22)14(3)17(27-18(25)9-12-23)13-21(5,7-2)20(26)15(22)4/h7,15,19-20,23,26H,2,6,8-13H2,1,3-5H3/b17-14+/t15-,19+,20-,21-,22-/m0/s1. The average Bonchev–Trinajstić information content (AvgIpc) is 2.96. The number of Topliss-reactive ketones (excluding diaryl/α,β-unsaturated/α-hetero) is 1. The first-order valence-corrected chi connectivity index (χ1v) is 10.0. The summed E-state index contributed by atoms with van der Waals surface area (Å²) >= 11 is 0. The Kier molecular flexibility index (Phi) is 6.69. The van der Waals surface area contributed by atoms with E-state index in [1.165, 1.54) is 0 Å². The molecule has 0 amide bonds. The zero-order valence-electron chi connectivity index (χ0n) is 17.1. The van der Waals surface area contributed by atoms with Crippen LogP contribution in [-0.2, 0) is 14.3 Å². The molecule has 0 saturated heterocycles. The van der Waals surface area contributed by atoms with Gasteiger partial charge in [0.05, 0.1) is 19.1 Å². The summed E-state index contributed by atoms with van der Waals surface area (Å²) in [5.74, 6) is -0.330. The summed E-state index contributed by atoms with van der Waals surface area (Å²) < 4.78 is 5.61. The van der Waals surface area contributed by atoms with Crippen LogP contribution in [0.25, 0.3) is 0 Å². The molecule has 2 rings (SSSR count). The van der Waals surface area contributed by atoms with E-state index in [0.29, 0.717) is 18.6 Å². The van der Waals surface area contributed by atoms with Crippen LogP contribution in [0.3, 0.4) is 0 Å². The number of hydrogen-bond donors (Lipinski definition) is 2. The highest BCUT2D eigenvalue weighted by Crippen LogP contribution is 2.58. The summed E-state index contributed by atoms with van der Waals surface area (Å²) in [6, 6.07) is 0. The molecule has 5 atom stereocenters. The Morgan fingerprint density at radius 2 is 2.11 bits per heavy atom. The van der Waals surface area contributed by atoms with E-state index in [9.17, 15) is 14.7 Å². The second kappa shape index (κ2) is 8.27. The molecule has 2 aliphatic carbocycles. The van der Waals surface area contributed by atoms with Crippen LogP contribution in [0.4, 0.5) is 0 Å². The van der Waals surface area contributed by atoms with Gasteiger partial charge in [-0.2, -0.15) is 0 Å². The zero-order chi connectivity index (χ0) is 20.4. The Morgan fingerprint density at radius 1 is 1.44 bits per heavy atom. The lowest BCUT2D eigenvalue weighted by Crippen LogP contribution is -2.49. The van der Waals surface area contributed by atoms with Crippen LogP contribution in [-0.4, -0.2) is 34.7 Å². The van der Waals surface area contributed by atoms with E-state index in [-0.39, 0.29) is 36.1 Å². The van der Waals surface area contributed by atoms with Crippen LogP contribution < -0.4 is 0 Å². The van der Waals surface area contributed by atoms with Gasteiger partial charge in [0, 0.05) is 24.2 Å². The van der Waals surface area contributed by atoms with Crippen molar-refractivity contribution in [2.45, 2.75) is 72.3 Å². The molecule has 5 heteroatoms. The minimum Gasteiger partial charge on any atom is -0.431 e. The van der Waals surface area contributed by atoms with E-state index < -0.39 is 17.5 Å². The van der Waals surface area contributed by atoms with E-state index in [2.05, 4.69) is 13.5 Å². The predicted molar refractivity (Wildman–Crippen MR) is 104 cm³/mol. The van der Waals surface area contributed by atoms with Crippen molar-refractivity contribution in [3.63, 3.8) is 0 Å². The molecule has 27 heavy (non-hydrogen) atoms. The van der Waals surface area contributed by atoms with E-state index in [1.54, 1.807) is 6.08 Å². The van der Waals surface area contributed by atoms with Crippen molar-refractivity contribution >= 4 is 11.8 Å². The number of aliphatic hydroxyl groups excluding tert-OH is 2. The van der Waals surface area contributed by atoms with Gasteiger partial charge in [0.1, 0.15) is 11.5 Å². The fraction of sp³-hybridized carbons (Fsp3) is 0.727. The summed E-state index contributed by atoms with van der Waals surface area (Å²) in [5.41, 5.74) is -0.217. The van der Waals surface area contributed by atoms with Crippen molar-refractivity contribution in [1.29, 1.82) is 0 Å². The largest absolute Gasteiger partial charge is 0.431 e. The summed E-state index contributed by atoms with van der Waals surface area (Å²) in [4.78, 5) is 25.0. The van der Waals surface area contributed by atoms with Crippen LogP contribution in [0.2, 0.25) is 0 Å². The van der Waals surface area contributed by atoms with Crippen molar-refractivity contribution in [3.8, 4) is 0 Å². The number of allylic oxidation sites excluding steroid dienone is 2. The average molecular weight is 379 g/mol. The number of fused-ring (bicyclic) bond motifs is 1. The molecule has 0 heterocycles. The molecule has 152 valence electrons. The molecule has 0 aliphatic heterocycles. The molecule has 0 unspecified atom stereocenters. The Balaban J connectivity index is 2.64. The second-order valence-corrected chi connectivity index (χ2v) is 8.56. The molecule has 2 N–H and O–H groups in total. The quantitative estimate of drug-likeness (QED) is 0.545. The Hall–Kier alpha value is -1.46. The summed E-state index contributed by atoms with van der Waals surface area (Å²) in [7, 11) is 0. The van der Waals surface area contributed by atoms with Gasteiger partial charge in [-0.1, -0.05) is 33.3 Å². The highest BCUT2D eigenvalue weighted by Gasteiger charge is 2.57. The number of carbonyl (C=O) groups excluding carboxylic acids is 2. The number of ether oxygens (including phenoxy) is 1. The Bertz CT molecular complexity index is 637. The van der Waals surface area contributed by atoms with E-state index in [1.807, 2.05) is 20.8 Å². The lowest BCUT2D eigenvalue weighted by atomic mass is 9.57. The van der Waals surface area contributed by atoms with Crippen molar-refractivity contribution in [2.75, 3.05) is 6.61 Å². The van der Waals surface area contributed by atoms with Gasteiger partial charge in [0.15, 0.2) is 0 Å². The van der Waals surface area contributed by atoms with Gasteiger partial charge in [-0.15, -0.1) is 6.58 Å². The maximum absolute atomic E-state index is 12.9. The number of aliphatic hydroxyl groups is 2. The van der Waals surface area contributed by atoms with Gasteiger partial charge in [-0.05, 0) is 36.7 Å². The minimum absolute atomic E-state index is 0.0819.